The van der Waals surface area contributed by atoms with Gasteiger partial charge in [-0.2, -0.15) is 0 Å². The first kappa shape index (κ1) is 27.2. The van der Waals surface area contributed by atoms with E-state index in [4.69, 9.17) is 18.9 Å². The Morgan fingerprint density at radius 1 is 1.03 bits per heavy atom. The Morgan fingerprint density at radius 3 is 2.40 bits per heavy atom. The van der Waals surface area contributed by atoms with E-state index >= 15 is 0 Å². The number of Topliss-reactive ketones (excluding diaryl/α,β-unsaturated/α-hetero) is 1. The average Bonchev–Trinajstić information content (AvgIpc) is 3.13. The largest absolute Gasteiger partial charge is 0.479 e. The van der Waals surface area contributed by atoms with Crippen LogP contribution >= 0.6 is 0 Å². The van der Waals surface area contributed by atoms with Gasteiger partial charge in [0.25, 0.3) is 0 Å². The van der Waals surface area contributed by atoms with Gasteiger partial charge in [-0.15, -0.1) is 0 Å². The van der Waals surface area contributed by atoms with Crippen LogP contribution in [0.1, 0.15) is 56.8 Å². The topological polar surface area (TPSA) is 132 Å². The minimum atomic E-state index is -1.26. The molecule has 1 amide bonds. The molecule has 0 radical (unpaired) electrons. The number of ether oxygens (including phenoxy) is 4. The molecule has 194 valence electrons. The number of nitrogens with one attached hydrogen (secondary N) is 2. The Kier molecular flexibility index (Phi) is 9.76. The van der Waals surface area contributed by atoms with Crippen molar-refractivity contribution in [2.45, 2.75) is 82.9 Å². The Morgan fingerprint density at radius 2 is 1.71 bits per heavy atom. The van der Waals surface area contributed by atoms with Gasteiger partial charge in [0, 0.05) is 19.1 Å². The molecule has 0 aromatic heterocycles. The molecule has 2 heterocycles. The SMILES string of the molecule is CC(=O)NC1C(OCCCCCCNCC(=O)c2ccccc2)OC(C(=O)O)C2OC(C)(C)OC12. The summed E-state index contributed by atoms with van der Waals surface area (Å²) in [5, 5.41) is 15.6. The first-order valence-electron chi connectivity index (χ1n) is 12.1. The van der Waals surface area contributed by atoms with E-state index in [9.17, 15) is 19.5 Å². The zero-order valence-corrected chi connectivity index (χ0v) is 20.5. The van der Waals surface area contributed by atoms with Gasteiger partial charge in [-0.05, 0) is 33.2 Å². The number of carbonyl (C=O) groups is 3. The summed E-state index contributed by atoms with van der Waals surface area (Å²) < 4.78 is 23.2. The maximum Gasteiger partial charge on any atom is 0.335 e. The van der Waals surface area contributed by atoms with Gasteiger partial charge in [0.15, 0.2) is 24.0 Å². The zero-order chi connectivity index (χ0) is 25.4. The minimum Gasteiger partial charge on any atom is -0.479 e. The van der Waals surface area contributed by atoms with Crippen molar-refractivity contribution in [1.82, 2.24) is 10.6 Å². The van der Waals surface area contributed by atoms with E-state index in [-0.39, 0.29) is 11.7 Å². The van der Waals surface area contributed by atoms with Crippen LogP contribution in [0, 0.1) is 0 Å². The summed E-state index contributed by atoms with van der Waals surface area (Å²) >= 11 is 0. The van der Waals surface area contributed by atoms with Crippen molar-refractivity contribution in [2.24, 2.45) is 0 Å². The molecule has 10 heteroatoms. The number of benzene rings is 1. The number of unbranched alkanes of at least 4 members (excludes halogenated alkanes) is 3. The number of carbonyl (C=O) groups excluding carboxylic acids is 2. The summed E-state index contributed by atoms with van der Waals surface area (Å²) in [5.41, 5.74) is 0.703. The molecule has 0 aliphatic carbocycles. The van der Waals surface area contributed by atoms with Crippen LogP contribution in [0.15, 0.2) is 30.3 Å². The highest BCUT2D eigenvalue weighted by molar-refractivity contribution is 5.97. The zero-order valence-electron chi connectivity index (χ0n) is 20.5. The van der Waals surface area contributed by atoms with E-state index < -0.39 is 42.4 Å². The number of aliphatic carboxylic acids is 1. The number of hydrogen-bond donors (Lipinski definition) is 3. The molecular formula is C25H36N2O8. The average molecular weight is 493 g/mol. The molecule has 0 saturated carbocycles. The predicted molar refractivity (Wildman–Crippen MR) is 126 cm³/mol. The second-order valence-electron chi connectivity index (χ2n) is 9.31. The lowest BCUT2D eigenvalue weighted by Gasteiger charge is -2.40. The molecule has 0 spiro atoms. The number of carboxylic acids is 1. The fourth-order valence-corrected chi connectivity index (χ4v) is 4.35. The van der Waals surface area contributed by atoms with Crippen LogP contribution in [0.25, 0.3) is 0 Å². The van der Waals surface area contributed by atoms with Crippen molar-refractivity contribution in [3.05, 3.63) is 35.9 Å². The highest BCUT2D eigenvalue weighted by Gasteiger charge is 2.58. The lowest BCUT2D eigenvalue weighted by Crippen LogP contribution is -2.64. The lowest BCUT2D eigenvalue weighted by molar-refractivity contribution is -0.246. The Labute approximate surface area is 205 Å². The van der Waals surface area contributed by atoms with E-state index in [1.54, 1.807) is 13.8 Å². The van der Waals surface area contributed by atoms with Crippen LogP contribution < -0.4 is 10.6 Å². The van der Waals surface area contributed by atoms with Gasteiger partial charge in [0.2, 0.25) is 5.91 Å². The van der Waals surface area contributed by atoms with Crippen LogP contribution in [0.3, 0.4) is 0 Å². The van der Waals surface area contributed by atoms with Gasteiger partial charge in [-0.25, -0.2) is 4.79 Å². The van der Waals surface area contributed by atoms with E-state index in [0.717, 1.165) is 32.2 Å². The molecule has 5 atom stereocenters. The summed E-state index contributed by atoms with van der Waals surface area (Å²) in [6.45, 7) is 6.15. The summed E-state index contributed by atoms with van der Waals surface area (Å²) in [5.74, 6) is -2.40. The Balaban J connectivity index is 1.38. The van der Waals surface area contributed by atoms with E-state index in [1.807, 2.05) is 30.3 Å². The second-order valence-corrected chi connectivity index (χ2v) is 9.31. The smallest absolute Gasteiger partial charge is 0.335 e. The van der Waals surface area contributed by atoms with Crippen molar-refractivity contribution < 1.29 is 38.4 Å². The van der Waals surface area contributed by atoms with Crippen molar-refractivity contribution in [3.63, 3.8) is 0 Å². The first-order valence-corrected chi connectivity index (χ1v) is 12.1. The van der Waals surface area contributed by atoms with Gasteiger partial charge in [-0.1, -0.05) is 43.2 Å². The van der Waals surface area contributed by atoms with Gasteiger partial charge in [0.05, 0.1) is 6.54 Å². The maximum atomic E-state index is 12.1. The van der Waals surface area contributed by atoms with E-state index in [2.05, 4.69) is 10.6 Å². The second kappa shape index (κ2) is 12.5. The summed E-state index contributed by atoms with van der Waals surface area (Å²) in [6.07, 6.45) is -0.298. The first-order chi connectivity index (χ1) is 16.7. The van der Waals surface area contributed by atoms with Gasteiger partial charge in [-0.3, -0.25) is 9.59 Å². The molecule has 1 aromatic rings. The number of carboxylic acid groups (broad SMARTS) is 1. The number of hydrogen-bond acceptors (Lipinski definition) is 8. The highest BCUT2D eigenvalue weighted by atomic mass is 16.8. The number of amides is 1. The maximum absolute atomic E-state index is 12.1. The fraction of sp³-hybridized carbons (Fsp3) is 0.640. The van der Waals surface area contributed by atoms with Crippen molar-refractivity contribution in [2.75, 3.05) is 19.7 Å². The molecule has 3 rings (SSSR count). The van der Waals surface area contributed by atoms with Crippen molar-refractivity contribution in [1.29, 1.82) is 0 Å². The Bertz CT molecular complexity index is 862. The van der Waals surface area contributed by atoms with Gasteiger partial charge < -0.3 is 34.7 Å². The predicted octanol–water partition coefficient (Wildman–Crippen LogP) is 1.87. The lowest BCUT2D eigenvalue weighted by atomic mass is 9.96. The molecule has 2 aliphatic heterocycles. The van der Waals surface area contributed by atoms with Crippen LogP contribution in [0.4, 0.5) is 0 Å². The van der Waals surface area contributed by atoms with Gasteiger partial charge in [0.1, 0.15) is 18.2 Å². The fourth-order valence-electron chi connectivity index (χ4n) is 4.35. The van der Waals surface area contributed by atoms with Crippen molar-refractivity contribution >= 4 is 17.7 Å². The molecule has 2 fully saturated rings. The number of rotatable bonds is 13. The molecule has 1 aromatic carbocycles. The molecule has 3 N–H and O–H groups in total. The molecular weight excluding hydrogens is 456 g/mol. The third kappa shape index (κ3) is 7.81. The van der Waals surface area contributed by atoms with Crippen LogP contribution in [-0.2, 0) is 28.5 Å². The monoisotopic (exact) mass is 492 g/mol. The molecule has 0 bridgehead atoms. The van der Waals surface area contributed by atoms with Crippen LogP contribution in [-0.4, -0.2) is 78.9 Å². The number of ketones is 1. The van der Waals surface area contributed by atoms with E-state index in [1.165, 1.54) is 6.92 Å². The van der Waals surface area contributed by atoms with Crippen LogP contribution in [0.5, 0.6) is 0 Å². The molecule has 10 nitrogen and oxygen atoms in total. The van der Waals surface area contributed by atoms with Gasteiger partial charge >= 0.3 is 5.97 Å². The van der Waals surface area contributed by atoms with Crippen molar-refractivity contribution in [3.8, 4) is 0 Å². The summed E-state index contributed by atoms with van der Waals surface area (Å²) in [4.78, 5) is 35.6. The standard InChI is InChI=1S/C25H36N2O8/c1-16(28)27-19-20-21(35-25(2,3)34-20)22(23(30)31)33-24(19)32-14-10-5-4-9-13-26-15-18(29)17-11-7-6-8-12-17/h6-8,11-12,19-22,24,26H,4-5,9-10,13-15H2,1-3H3,(H,27,28)(H,30,31). The molecule has 35 heavy (non-hydrogen) atoms. The number of fused-ring (bicyclic) bond motifs is 1. The minimum absolute atomic E-state index is 0.0714. The Hall–Kier alpha value is -2.37. The summed E-state index contributed by atoms with van der Waals surface area (Å²) in [6, 6.07) is 8.50. The molecule has 2 aliphatic rings. The molecule has 5 unspecified atom stereocenters. The third-order valence-corrected chi connectivity index (χ3v) is 5.91. The van der Waals surface area contributed by atoms with E-state index in [0.29, 0.717) is 18.7 Å². The normalized spacial score (nSPS) is 27.2. The van der Waals surface area contributed by atoms with Crippen LogP contribution in [0.2, 0.25) is 0 Å². The third-order valence-electron chi connectivity index (χ3n) is 5.91. The quantitative estimate of drug-likeness (QED) is 0.279. The molecule has 2 saturated heterocycles. The summed E-state index contributed by atoms with van der Waals surface area (Å²) in [7, 11) is 0. The highest BCUT2D eigenvalue weighted by Crippen LogP contribution is 2.38.